The third-order valence-corrected chi connectivity index (χ3v) is 5.00. The second-order valence-electron chi connectivity index (χ2n) is 6.15. The van der Waals surface area contributed by atoms with Gasteiger partial charge in [0.2, 0.25) is 0 Å². The number of para-hydroxylation sites is 1. The van der Waals surface area contributed by atoms with E-state index in [2.05, 4.69) is 10.3 Å². The lowest BCUT2D eigenvalue weighted by Crippen LogP contribution is -2.20. The lowest BCUT2D eigenvalue weighted by molar-refractivity contribution is 0.0994. The minimum absolute atomic E-state index is 0.151. The van der Waals surface area contributed by atoms with Gasteiger partial charge in [-0.3, -0.25) is 14.2 Å². The molecule has 0 unspecified atom stereocenters. The molecule has 140 valence electrons. The number of carbonyl (C=O) groups excluding carboxylic acids is 1. The summed E-state index contributed by atoms with van der Waals surface area (Å²) in [6.07, 6.45) is 3.46. The van der Waals surface area contributed by atoms with Crippen LogP contribution in [-0.2, 0) is 6.54 Å². The Kier molecular flexibility index (Phi) is 4.99. The zero-order valence-corrected chi connectivity index (χ0v) is 15.9. The van der Waals surface area contributed by atoms with Crippen LogP contribution in [0.3, 0.4) is 0 Å². The van der Waals surface area contributed by atoms with Crippen LogP contribution in [0.1, 0.15) is 16.3 Å². The van der Waals surface area contributed by atoms with E-state index in [0.29, 0.717) is 22.4 Å². The van der Waals surface area contributed by atoms with Gasteiger partial charge in [-0.05, 0) is 48.7 Å². The Morgan fingerprint density at radius 1 is 1.14 bits per heavy atom. The van der Waals surface area contributed by atoms with Gasteiger partial charge in [0.25, 0.3) is 11.5 Å². The highest BCUT2D eigenvalue weighted by molar-refractivity contribution is 7.98. The molecule has 4 aromatic rings. The normalized spacial score (nSPS) is 10.9. The van der Waals surface area contributed by atoms with Gasteiger partial charge in [0.15, 0.2) is 5.76 Å². The molecule has 0 bridgehead atoms. The maximum Gasteiger partial charge on any atom is 0.291 e. The van der Waals surface area contributed by atoms with Crippen molar-refractivity contribution >= 4 is 34.3 Å². The third kappa shape index (κ3) is 3.70. The van der Waals surface area contributed by atoms with Gasteiger partial charge in [-0.2, -0.15) is 0 Å². The van der Waals surface area contributed by atoms with Crippen LogP contribution in [0.2, 0.25) is 0 Å². The molecule has 7 heteroatoms. The van der Waals surface area contributed by atoms with Crippen LogP contribution >= 0.6 is 11.8 Å². The molecule has 2 heterocycles. The fourth-order valence-corrected chi connectivity index (χ4v) is 3.32. The monoisotopic (exact) mass is 391 g/mol. The van der Waals surface area contributed by atoms with Crippen molar-refractivity contribution in [3.63, 3.8) is 0 Å². The molecular weight excluding hydrogens is 374 g/mol. The number of nitrogens with zero attached hydrogens (tertiary/aromatic N) is 2. The van der Waals surface area contributed by atoms with Crippen molar-refractivity contribution in [2.45, 2.75) is 11.4 Å². The number of aromatic nitrogens is 2. The molecule has 0 fully saturated rings. The summed E-state index contributed by atoms with van der Waals surface area (Å²) < 4.78 is 7.10. The summed E-state index contributed by atoms with van der Waals surface area (Å²) >= 11 is 1.60. The SMILES string of the molecule is CSc1cccc(NC(=O)c2ccc(Cn3cnc4ccccc4c3=O)o2)c1. The molecule has 28 heavy (non-hydrogen) atoms. The number of rotatable bonds is 5. The first kappa shape index (κ1) is 18.1. The standard InChI is InChI=1S/C21H17N3O3S/c1-28-16-6-4-5-14(11-16)23-20(25)19-10-9-15(27-19)12-24-13-22-18-8-3-2-7-17(18)21(24)26/h2-11,13H,12H2,1H3,(H,23,25). The molecule has 0 spiro atoms. The van der Waals surface area contributed by atoms with Crippen molar-refractivity contribution in [2.24, 2.45) is 0 Å². The number of hydrogen-bond donors (Lipinski definition) is 1. The number of anilines is 1. The van der Waals surface area contributed by atoms with Crippen LogP contribution in [-0.4, -0.2) is 21.7 Å². The second kappa shape index (κ2) is 7.74. The highest BCUT2D eigenvalue weighted by atomic mass is 32.2. The van der Waals surface area contributed by atoms with E-state index < -0.39 is 0 Å². The van der Waals surface area contributed by atoms with E-state index in [1.54, 1.807) is 42.1 Å². The van der Waals surface area contributed by atoms with Crippen LogP contribution in [0, 0.1) is 0 Å². The smallest absolute Gasteiger partial charge is 0.291 e. The molecule has 2 aromatic heterocycles. The summed E-state index contributed by atoms with van der Waals surface area (Å²) in [5, 5.41) is 3.36. The van der Waals surface area contributed by atoms with E-state index in [1.165, 1.54) is 10.9 Å². The van der Waals surface area contributed by atoms with E-state index in [4.69, 9.17) is 4.42 Å². The quantitative estimate of drug-likeness (QED) is 0.520. The summed E-state index contributed by atoms with van der Waals surface area (Å²) in [6.45, 7) is 0.200. The molecule has 0 saturated heterocycles. The predicted molar refractivity (Wildman–Crippen MR) is 110 cm³/mol. The Bertz CT molecular complexity index is 1210. The average molecular weight is 391 g/mol. The largest absolute Gasteiger partial charge is 0.454 e. The molecule has 0 aliphatic heterocycles. The van der Waals surface area contributed by atoms with Gasteiger partial charge >= 0.3 is 0 Å². The molecule has 0 aliphatic rings. The van der Waals surface area contributed by atoms with Gasteiger partial charge < -0.3 is 9.73 Å². The van der Waals surface area contributed by atoms with Gasteiger partial charge in [-0.1, -0.05) is 18.2 Å². The highest BCUT2D eigenvalue weighted by Gasteiger charge is 2.13. The first-order chi connectivity index (χ1) is 13.6. The van der Waals surface area contributed by atoms with E-state index in [0.717, 1.165) is 4.90 Å². The lowest BCUT2D eigenvalue weighted by atomic mass is 10.2. The number of furan rings is 1. The molecule has 4 rings (SSSR count). The van der Waals surface area contributed by atoms with Crippen molar-refractivity contribution < 1.29 is 9.21 Å². The molecular formula is C21H17N3O3S. The van der Waals surface area contributed by atoms with Crippen LogP contribution in [0.5, 0.6) is 0 Å². The summed E-state index contributed by atoms with van der Waals surface area (Å²) in [5.74, 6) is 0.349. The average Bonchev–Trinajstić information content (AvgIpc) is 3.19. The molecule has 1 amide bonds. The van der Waals surface area contributed by atoms with Crippen LogP contribution in [0.15, 0.2) is 81.1 Å². The maximum atomic E-state index is 12.6. The number of thioether (sulfide) groups is 1. The van der Waals surface area contributed by atoms with Crippen LogP contribution in [0.4, 0.5) is 5.69 Å². The first-order valence-corrected chi connectivity index (χ1v) is 9.85. The fourth-order valence-electron chi connectivity index (χ4n) is 2.87. The van der Waals surface area contributed by atoms with Crippen LogP contribution in [0.25, 0.3) is 10.9 Å². The fraction of sp³-hybridized carbons (Fsp3) is 0.0952. The van der Waals surface area contributed by atoms with Crippen molar-refractivity contribution in [3.8, 4) is 0 Å². The molecule has 2 aromatic carbocycles. The van der Waals surface area contributed by atoms with Crippen LogP contribution < -0.4 is 10.9 Å². The number of fused-ring (bicyclic) bond motifs is 1. The zero-order valence-electron chi connectivity index (χ0n) is 15.1. The van der Waals surface area contributed by atoms with Crippen molar-refractivity contribution in [3.05, 3.63) is 88.9 Å². The number of carbonyl (C=O) groups is 1. The lowest BCUT2D eigenvalue weighted by Gasteiger charge is -2.06. The highest BCUT2D eigenvalue weighted by Crippen LogP contribution is 2.20. The number of amides is 1. The van der Waals surface area contributed by atoms with Gasteiger partial charge in [-0.15, -0.1) is 11.8 Å². The van der Waals surface area contributed by atoms with Crippen molar-refractivity contribution in [1.82, 2.24) is 9.55 Å². The van der Waals surface area contributed by atoms with E-state index in [-0.39, 0.29) is 23.8 Å². The maximum absolute atomic E-state index is 12.6. The van der Waals surface area contributed by atoms with Gasteiger partial charge in [0.1, 0.15) is 5.76 Å². The third-order valence-electron chi connectivity index (χ3n) is 4.27. The molecule has 0 atom stereocenters. The molecule has 0 saturated carbocycles. The van der Waals surface area contributed by atoms with E-state index >= 15 is 0 Å². The summed E-state index contributed by atoms with van der Waals surface area (Å²) in [4.78, 5) is 30.4. The first-order valence-electron chi connectivity index (χ1n) is 8.62. The molecule has 0 radical (unpaired) electrons. The van der Waals surface area contributed by atoms with Crippen molar-refractivity contribution in [2.75, 3.05) is 11.6 Å². The Morgan fingerprint density at radius 3 is 2.86 bits per heavy atom. The van der Waals surface area contributed by atoms with E-state index in [1.807, 2.05) is 36.6 Å². The Balaban J connectivity index is 1.52. The Labute approximate surface area is 165 Å². The topological polar surface area (TPSA) is 77.1 Å². The van der Waals surface area contributed by atoms with Gasteiger partial charge in [0, 0.05) is 10.6 Å². The molecule has 0 aliphatic carbocycles. The summed E-state index contributed by atoms with van der Waals surface area (Å²) in [6, 6.07) is 18.0. The van der Waals surface area contributed by atoms with Gasteiger partial charge in [-0.25, -0.2) is 4.98 Å². The zero-order chi connectivity index (χ0) is 19.5. The Morgan fingerprint density at radius 2 is 2.00 bits per heavy atom. The Hall–Kier alpha value is -3.32. The summed E-state index contributed by atoms with van der Waals surface area (Å²) in [5.41, 5.74) is 1.20. The predicted octanol–water partition coefficient (Wildman–Crippen LogP) is 4.01. The number of hydrogen-bond acceptors (Lipinski definition) is 5. The van der Waals surface area contributed by atoms with Crippen molar-refractivity contribution in [1.29, 1.82) is 0 Å². The molecule has 1 N–H and O–H groups in total. The van der Waals surface area contributed by atoms with Gasteiger partial charge in [0.05, 0.1) is 23.8 Å². The second-order valence-corrected chi connectivity index (χ2v) is 7.03. The minimum Gasteiger partial charge on any atom is -0.454 e. The minimum atomic E-state index is -0.339. The number of benzene rings is 2. The van der Waals surface area contributed by atoms with E-state index in [9.17, 15) is 9.59 Å². The summed E-state index contributed by atoms with van der Waals surface area (Å²) in [7, 11) is 0. The molecule has 6 nitrogen and oxygen atoms in total. The number of nitrogens with one attached hydrogen (secondary N) is 1.